The van der Waals surface area contributed by atoms with Crippen molar-refractivity contribution in [1.82, 2.24) is 14.8 Å². The summed E-state index contributed by atoms with van der Waals surface area (Å²) in [5.41, 5.74) is 3.43. The molecule has 0 atom stereocenters. The third-order valence-corrected chi connectivity index (χ3v) is 6.20. The summed E-state index contributed by atoms with van der Waals surface area (Å²) < 4.78 is 13.0. The summed E-state index contributed by atoms with van der Waals surface area (Å²) in [4.78, 5) is 14.3. The maximum Gasteiger partial charge on any atom is 0.336 e. The Kier molecular flexibility index (Phi) is 5.41. The number of benzene rings is 1. The van der Waals surface area contributed by atoms with E-state index >= 15 is 0 Å². The zero-order chi connectivity index (χ0) is 19.7. The molecule has 0 spiro atoms. The summed E-state index contributed by atoms with van der Waals surface area (Å²) in [7, 11) is 0. The molecule has 0 bridgehead atoms. The standard InChI is InChI=1S/C20H24N4O3S/c1-4-24-19(23-7-9-26-10-8-23)21-22-20(24)28-12-15-11-17(25)27-18-14(3)13(2)5-6-16(15)18/h5-6,11H,4,7-10,12H2,1-3H3. The molecule has 1 saturated heterocycles. The van der Waals surface area contributed by atoms with E-state index in [1.54, 1.807) is 17.8 Å². The fourth-order valence-corrected chi connectivity index (χ4v) is 4.44. The minimum absolute atomic E-state index is 0.317. The highest BCUT2D eigenvalue weighted by molar-refractivity contribution is 7.98. The highest BCUT2D eigenvalue weighted by Crippen LogP contribution is 2.29. The Bertz CT molecular complexity index is 1050. The van der Waals surface area contributed by atoms with Crippen LogP contribution in [0.5, 0.6) is 0 Å². The molecule has 4 rings (SSSR count). The highest BCUT2D eigenvalue weighted by atomic mass is 32.2. The quantitative estimate of drug-likeness (QED) is 0.481. The Labute approximate surface area is 167 Å². The van der Waals surface area contributed by atoms with Crippen molar-refractivity contribution < 1.29 is 9.15 Å². The van der Waals surface area contributed by atoms with Gasteiger partial charge in [-0.1, -0.05) is 23.9 Å². The van der Waals surface area contributed by atoms with Gasteiger partial charge in [-0.3, -0.25) is 4.57 Å². The fraction of sp³-hybridized carbons (Fsp3) is 0.450. The molecular weight excluding hydrogens is 376 g/mol. The second kappa shape index (κ2) is 7.97. The minimum Gasteiger partial charge on any atom is -0.422 e. The molecule has 0 unspecified atom stereocenters. The third-order valence-electron chi connectivity index (χ3n) is 5.18. The molecule has 28 heavy (non-hydrogen) atoms. The molecule has 1 aromatic carbocycles. The van der Waals surface area contributed by atoms with Crippen molar-refractivity contribution in [2.45, 2.75) is 38.2 Å². The van der Waals surface area contributed by atoms with Crippen LogP contribution in [0.25, 0.3) is 11.0 Å². The van der Waals surface area contributed by atoms with Crippen molar-refractivity contribution in [3.05, 3.63) is 45.3 Å². The van der Waals surface area contributed by atoms with Crippen LogP contribution >= 0.6 is 11.8 Å². The van der Waals surface area contributed by atoms with Gasteiger partial charge in [-0.2, -0.15) is 0 Å². The number of rotatable bonds is 5. The lowest BCUT2D eigenvalue weighted by atomic mass is 10.0. The summed E-state index contributed by atoms with van der Waals surface area (Å²) in [6.45, 7) is 9.96. The second-order valence-electron chi connectivity index (χ2n) is 6.89. The maximum atomic E-state index is 12.1. The fourth-order valence-electron chi connectivity index (χ4n) is 3.45. The summed E-state index contributed by atoms with van der Waals surface area (Å²) in [6.07, 6.45) is 0. The van der Waals surface area contributed by atoms with E-state index in [2.05, 4.69) is 32.7 Å². The van der Waals surface area contributed by atoms with E-state index in [0.29, 0.717) is 24.5 Å². The molecule has 1 aliphatic heterocycles. The molecule has 1 fully saturated rings. The van der Waals surface area contributed by atoms with Crippen LogP contribution in [0.1, 0.15) is 23.6 Å². The SMILES string of the molecule is CCn1c(SCc2cc(=O)oc3c(C)c(C)ccc23)nnc1N1CCOCC1. The number of morpholine rings is 1. The van der Waals surface area contributed by atoms with E-state index in [0.717, 1.165) is 52.8 Å². The van der Waals surface area contributed by atoms with Crippen LogP contribution in [0, 0.1) is 13.8 Å². The highest BCUT2D eigenvalue weighted by Gasteiger charge is 2.20. The number of thioether (sulfide) groups is 1. The van der Waals surface area contributed by atoms with Gasteiger partial charge in [-0.25, -0.2) is 4.79 Å². The zero-order valence-electron chi connectivity index (χ0n) is 16.4. The van der Waals surface area contributed by atoms with Crippen LogP contribution in [0.4, 0.5) is 5.95 Å². The smallest absolute Gasteiger partial charge is 0.336 e. The van der Waals surface area contributed by atoms with Crippen LogP contribution in [0.2, 0.25) is 0 Å². The van der Waals surface area contributed by atoms with Gasteiger partial charge in [0.1, 0.15) is 5.58 Å². The van der Waals surface area contributed by atoms with Crippen LogP contribution in [-0.4, -0.2) is 41.1 Å². The number of aromatic nitrogens is 3. The molecule has 1 aliphatic rings. The first kappa shape index (κ1) is 19.0. The van der Waals surface area contributed by atoms with Gasteiger partial charge < -0.3 is 14.1 Å². The average Bonchev–Trinajstić information content (AvgIpc) is 3.13. The predicted octanol–water partition coefficient (Wildman–Crippen LogP) is 3.15. The van der Waals surface area contributed by atoms with Gasteiger partial charge in [0, 0.05) is 36.8 Å². The molecule has 0 aliphatic carbocycles. The Hall–Kier alpha value is -2.32. The number of nitrogens with zero attached hydrogens (tertiary/aromatic N) is 4. The number of ether oxygens (including phenoxy) is 1. The monoisotopic (exact) mass is 400 g/mol. The van der Waals surface area contributed by atoms with Crippen molar-refractivity contribution in [1.29, 1.82) is 0 Å². The van der Waals surface area contributed by atoms with E-state index in [1.807, 2.05) is 19.9 Å². The molecule has 0 saturated carbocycles. The normalized spacial score (nSPS) is 14.8. The molecule has 0 N–H and O–H groups in total. The summed E-state index contributed by atoms with van der Waals surface area (Å²) in [6, 6.07) is 5.68. The molecule has 2 aromatic heterocycles. The number of hydrogen-bond acceptors (Lipinski definition) is 7. The molecule has 8 heteroatoms. The Morgan fingerprint density at radius 1 is 1.18 bits per heavy atom. The van der Waals surface area contributed by atoms with Gasteiger partial charge in [-0.05, 0) is 37.5 Å². The van der Waals surface area contributed by atoms with Gasteiger partial charge in [0.25, 0.3) is 0 Å². The van der Waals surface area contributed by atoms with E-state index in [-0.39, 0.29) is 5.63 Å². The van der Waals surface area contributed by atoms with Gasteiger partial charge in [-0.15, -0.1) is 10.2 Å². The van der Waals surface area contributed by atoms with Crippen molar-refractivity contribution in [2.75, 3.05) is 31.2 Å². The molecule has 0 radical (unpaired) electrons. The Morgan fingerprint density at radius 2 is 1.96 bits per heavy atom. The number of aryl methyl sites for hydroxylation is 2. The Morgan fingerprint density at radius 3 is 2.71 bits per heavy atom. The van der Waals surface area contributed by atoms with Crippen LogP contribution in [-0.2, 0) is 17.0 Å². The number of fused-ring (bicyclic) bond motifs is 1. The molecule has 3 aromatic rings. The third kappa shape index (κ3) is 3.54. The molecule has 0 amide bonds. The summed E-state index contributed by atoms with van der Waals surface area (Å²) >= 11 is 1.59. The van der Waals surface area contributed by atoms with Crippen molar-refractivity contribution in [3.8, 4) is 0 Å². The summed E-state index contributed by atoms with van der Waals surface area (Å²) in [5, 5.41) is 10.6. The molecular formula is C20H24N4O3S. The number of anilines is 1. The predicted molar refractivity (Wildman–Crippen MR) is 110 cm³/mol. The van der Waals surface area contributed by atoms with Crippen LogP contribution in [0.15, 0.2) is 32.6 Å². The Balaban J connectivity index is 1.62. The average molecular weight is 401 g/mol. The van der Waals surface area contributed by atoms with Crippen LogP contribution in [0.3, 0.4) is 0 Å². The first-order chi connectivity index (χ1) is 13.6. The number of hydrogen-bond donors (Lipinski definition) is 0. The van der Waals surface area contributed by atoms with Gasteiger partial charge in [0.2, 0.25) is 5.95 Å². The second-order valence-corrected chi connectivity index (χ2v) is 7.83. The first-order valence-electron chi connectivity index (χ1n) is 9.50. The van der Waals surface area contributed by atoms with Crippen molar-refractivity contribution in [2.24, 2.45) is 0 Å². The lowest BCUT2D eigenvalue weighted by Gasteiger charge is -2.27. The maximum absolute atomic E-state index is 12.1. The molecule has 3 heterocycles. The van der Waals surface area contributed by atoms with E-state index in [4.69, 9.17) is 9.15 Å². The molecule has 7 nitrogen and oxygen atoms in total. The van der Waals surface area contributed by atoms with Gasteiger partial charge in [0.15, 0.2) is 5.16 Å². The van der Waals surface area contributed by atoms with Crippen molar-refractivity contribution in [3.63, 3.8) is 0 Å². The lowest BCUT2D eigenvalue weighted by Crippen LogP contribution is -2.38. The van der Waals surface area contributed by atoms with E-state index in [1.165, 1.54) is 0 Å². The molecule has 148 valence electrons. The van der Waals surface area contributed by atoms with Crippen molar-refractivity contribution >= 4 is 28.7 Å². The lowest BCUT2D eigenvalue weighted by molar-refractivity contribution is 0.121. The van der Waals surface area contributed by atoms with Crippen LogP contribution < -0.4 is 10.5 Å². The largest absolute Gasteiger partial charge is 0.422 e. The topological polar surface area (TPSA) is 73.4 Å². The van der Waals surface area contributed by atoms with Gasteiger partial charge >= 0.3 is 5.63 Å². The minimum atomic E-state index is -0.317. The van der Waals surface area contributed by atoms with E-state index < -0.39 is 0 Å². The van der Waals surface area contributed by atoms with E-state index in [9.17, 15) is 4.79 Å². The zero-order valence-corrected chi connectivity index (χ0v) is 17.2. The van der Waals surface area contributed by atoms with Gasteiger partial charge in [0.05, 0.1) is 13.2 Å². The summed E-state index contributed by atoms with van der Waals surface area (Å²) in [5.74, 6) is 1.52. The first-order valence-corrected chi connectivity index (χ1v) is 10.5.